The van der Waals surface area contributed by atoms with Crippen LogP contribution in [0.2, 0.25) is 0 Å². The molecule has 0 unspecified atom stereocenters. The summed E-state index contributed by atoms with van der Waals surface area (Å²) >= 11 is 0. The predicted molar refractivity (Wildman–Crippen MR) is 60.1 cm³/mol. The number of rotatable bonds is 5. The zero-order valence-corrected chi connectivity index (χ0v) is 9.74. The highest BCUT2D eigenvalue weighted by molar-refractivity contribution is 5.83. The molecule has 5 N–H and O–H groups in total. The van der Waals surface area contributed by atoms with Gasteiger partial charge in [-0.3, -0.25) is 4.79 Å². The third-order valence-electron chi connectivity index (χ3n) is 2.95. The molecule has 7 heteroatoms. The minimum absolute atomic E-state index is 0.0677. The summed E-state index contributed by atoms with van der Waals surface area (Å²) in [5, 5.41) is 2.69. The van der Waals surface area contributed by atoms with Crippen molar-refractivity contribution >= 4 is 12.0 Å². The Balaban J connectivity index is 2.36. The van der Waals surface area contributed by atoms with Gasteiger partial charge in [0.2, 0.25) is 5.91 Å². The predicted octanol–water partition coefficient (Wildman–Crippen LogP) is -1.05. The molecule has 1 heterocycles. The third kappa shape index (κ3) is 3.86. The fourth-order valence-corrected chi connectivity index (χ4v) is 1.79. The van der Waals surface area contributed by atoms with E-state index in [0.29, 0.717) is 32.6 Å². The van der Waals surface area contributed by atoms with Gasteiger partial charge < -0.3 is 26.3 Å². The van der Waals surface area contributed by atoms with Gasteiger partial charge in [-0.25, -0.2) is 4.79 Å². The minimum Gasteiger partial charge on any atom is -0.448 e. The first-order chi connectivity index (χ1) is 8.10. The molecule has 2 amide bonds. The first-order valence-corrected chi connectivity index (χ1v) is 5.59. The maximum Gasteiger partial charge on any atom is 0.404 e. The van der Waals surface area contributed by atoms with Crippen LogP contribution in [0.5, 0.6) is 0 Å². The molecule has 1 saturated heterocycles. The lowest BCUT2D eigenvalue weighted by molar-refractivity contribution is -0.136. The molecule has 0 aromatic rings. The van der Waals surface area contributed by atoms with Gasteiger partial charge in [0.15, 0.2) is 0 Å². The molecule has 7 nitrogen and oxygen atoms in total. The van der Waals surface area contributed by atoms with Crippen molar-refractivity contribution in [1.82, 2.24) is 5.32 Å². The lowest BCUT2D eigenvalue weighted by atomic mass is 9.79. The van der Waals surface area contributed by atoms with E-state index < -0.39 is 11.5 Å². The molecule has 1 aliphatic rings. The molecule has 1 fully saturated rings. The highest BCUT2D eigenvalue weighted by atomic mass is 16.5. The van der Waals surface area contributed by atoms with Gasteiger partial charge in [0.1, 0.15) is 6.61 Å². The Hall–Kier alpha value is -1.34. The van der Waals surface area contributed by atoms with Crippen LogP contribution in [0.1, 0.15) is 12.8 Å². The molecular formula is C10H19N3O4. The Morgan fingerprint density at radius 1 is 1.35 bits per heavy atom. The van der Waals surface area contributed by atoms with Gasteiger partial charge in [-0.1, -0.05) is 0 Å². The number of carbonyl (C=O) groups is 2. The molecule has 0 aliphatic carbocycles. The normalized spacial score (nSPS) is 18.4. The van der Waals surface area contributed by atoms with E-state index in [-0.39, 0.29) is 19.1 Å². The highest BCUT2D eigenvalue weighted by Crippen LogP contribution is 2.29. The molecule has 0 aromatic heterocycles. The zero-order valence-electron chi connectivity index (χ0n) is 9.74. The van der Waals surface area contributed by atoms with Crippen molar-refractivity contribution in [3.8, 4) is 0 Å². The van der Waals surface area contributed by atoms with Gasteiger partial charge in [0.05, 0.1) is 12.0 Å². The monoisotopic (exact) mass is 245 g/mol. The Labute approximate surface area is 99.8 Å². The summed E-state index contributed by atoms with van der Waals surface area (Å²) in [7, 11) is 0. The summed E-state index contributed by atoms with van der Waals surface area (Å²) in [6.07, 6.45) is 0.386. The van der Waals surface area contributed by atoms with Crippen molar-refractivity contribution in [2.75, 3.05) is 32.9 Å². The number of ether oxygens (including phenoxy) is 2. The maximum absolute atomic E-state index is 12.0. The van der Waals surface area contributed by atoms with E-state index in [0.717, 1.165) is 0 Å². The van der Waals surface area contributed by atoms with Crippen LogP contribution >= 0.6 is 0 Å². The van der Waals surface area contributed by atoms with Crippen LogP contribution in [-0.2, 0) is 14.3 Å². The minimum atomic E-state index is -0.848. The van der Waals surface area contributed by atoms with Gasteiger partial charge in [0.25, 0.3) is 0 Å². The lowest BCUT2D eigenvalue weighted by Gasteiger charge is -2.34. The standard InChI is InChI=1S/C10H19N3O4/c11-7-10(1-4-16-5-2-10)8(14)13-3-6-17-9(12)15/h1-7,11H2,(H2,12,15)(H,13,14). The first kappa shape index (κ1) is 13.7. The van der Waals surface area contributed by atoms with Crippen LogP contribution in [-0.4, -0.2) is 44.9 Å². The van der Waals surface area contributed by atoms with Gasteiger partial charge in [-0.2, -0.15) is 0 Å². The fourth-order valence-electron chi connectivity index (χ4n) is 1.79. The van der Waals surface area contributed by atoms with Gasteiger partial charge in [-0.15, -0.1) is 0 Å². The molecule has 1 rings (SSSR count). The molecule has 0 saturated carbocycles. The maximum atomic E-state index is 12.0. The molecule has 0 atom stereocenters. The number of hydrogen-bond donors (Lipinski definition) is 3. The van der Waals surface area contributed by atoms with Crippen LogP contribution < -0.4 is 16.8 Å². The molecule has 0 spiro atoms. The average Bonchev–Trinajstić information content (AvgIpc) is 2.35. The fraction of sp³-hybridized carbons (Fsp3) is 0.800. The van der Waals surface area contributed by atoms with E-state index >= 15 is 0 Å². The molecule has 98 valence electrons. The van der Waals surface area contributed by atoms with Crippen molar-refractivity contribution in [1.29, 1.82) is 0 Å². The van der Waals surface area contributed by atoms with Gasteiger partial charge >= 0.3 is 6.09 Å². The van der Waals surface area contributed by atoms with Crippen molar-refractivity contribution in [2.24, 2.45) is 16.9 Å². The first-order valence-electron chi connectivity index (χ1n) is 5.59. The van der Waals surface area contributed by atoms with E-state index in [2.05, 4.69) is 10.1 Å². The number of nitrogens with two attached hydrogens (primary N) is 2. The van der Waals surface area contributed by atoms with Crippen molar-refractivity contribution < 1.29 is 19.1 Å². The Bertz CT molecular complexity index is 277. The van der Waals surface area contributed by atoms with E-state index in [1.807, 2.05) is 0 Å². The summed E-state index contributed by atoms with van der Waals surface area (Å²) in [5.74, 6) is -0.114. The molecule has 0 aromatic carbocycles. The SMILES string of the molecule is NCC1(C(=O)NCCOC(N)=O)CCOCC1. The summed E-state index contributed by atoms with van der Waals surface area (Å²) in [5.41, 5.74) is 9.91. The molecule has 0 bridgehead atoms. The van der Waals surface area contributed by atoms with E-state index in [1.54, 1.807) is 0 Å². The summed E-state index contributed by atoms with van der Waals surface area (Å²) in [6.45, 7) is 1.69. The zero-order chi connectivity index (χ0) is 12.7. The largest absolute Gasteiger partial charge is 0.448 e. The Morgan fingerprint density at radius 3 is 2.53 bits per heavy atom. The second kappa shape index (κ2) is 6.41. The molecule has 17 heavy (non-hydrogen) atoms. The van der Waals surface area contributed by atoms with Crippen LogP contribution in [0.4, 0.5) is 4.79 Å². The number of hydrogen-bond acceptors (Lipinski definition) is 5. The van der Waals surface area contributed by atoms with Crippen molar-refractivity contribution in [2.45, 2.75) is 12.8 Å². The summed E-state index contributed by atoms with van der Waals surface area (Å²) in [6, 6.07) is 0. The number of primary amides is 1. The summed E-state index contributed by atoms with van der Waals surface area (Å²) in [4.78, 5) is 22.3. The molecule has 0 radical (unpaired) electrons. The van der Waals surface area contributed by atoms with Gasteiger partial charge in [0, 0.05) is 19.8 Å². The van der Waals surface area contributed by atoms with E-state index in [1.165, 1.54) is 0 Å². The molecular weight excluding hydrogens is 226 g/mol. The molecule has 1 aliphatic heterocycles. The quantitative estimate of drug-likeness (QED) is 0.534. The number of amides is 2. The van der Waals surface area contributed by atoms with Crippen LogP contribution in [0.3, 0.4) is 0 Å². The lowest BCUT2D eigenvalue weighted by Crippen LogP contribution is -2.49. The van der Waals surface area contributed by atoms with E-state index in [9.17, 15) is 9.59 Å². The highest BCUT2D eigenvalue weighted by Gasteiger charge is 2.38. The van der Waals surface area contributed by atoms with Crippen LogP contribution in [0, 0.1) is 5.41 Å². The Morgan fingerprint density at radius 2 is 2.00 bits per heavy atom. The van der Waals surface area contributed by atoms with Crippen molar-refractivity contribution in [3.05, 3.63) is 0 Å². The number of carbonyl (C=O) groups excluding carboxylic acids is 2. The third-order valence-corrected chi connectivity index (χ3v) is 2.95. The van der Waals surface area contributed by atoms with E-state index in [4.69, 9.17) is 16.2 Å². The van der Waals surface area contributed by atoms with Gasteiger partial charge in [-0.05, 0) is 12.8 Å². The second-order valence-corrected chi connectivity index (χ2v) is 4.02. The van der Waals surface area contributed by atoms with Crippen molar-refractivity contribution in [3.63, 3.8) is 0 Å². The van der Waals surface area contributed by atoms with Crippen LogP contribution in [0.25, 0.3) is 0 Å². The number of nitrogens with one attached hydrogen (secondary N) is 1. The smallest absolute Gasteiger partial charge is 0.404 e. The van der Waals surface area contributed by atoms with Crippen LogP contribution in [0.15, 0.2) is 0 Å². The average molecular weight is 245 g/mol. The topological polar surface area (TPSA) is 117 Å². The Kier molecular flexibility index (Phi) is 5.17. The summed E-state index contributed by atoms with van der Waals surface area (Å²) < 4.78 is 9.73. The second-order valence-electron chi connectivity index (χ2n) is 4.02.